The summed E-state index contributed by atoms with van der Waals surface area (Å²) in [5.41, 5.74) is 7.83. The maximum absolute atomic E-state index is 8.81. The van der Waals surface area contributed by atoms with E-state index in [0.717, 1.165) is 6.42 Å². The van der Waals surface area contributed by atoms with E-state index >= 15 is 0 Å². The first-order chi connectivity index (χ1) is 7.70. The van der Waals surface area contributed by atoms with E-state index in [-0.39, 0.29) is 11.9 Å². The van der Waals surface area contributed by atoms with Crippen LogP contribution in [0.2, 0.25) is 0 Å². The lowest BCUT2D eigenvalue weighted by Gasteiger charge is -2.04. The zero-order chi connectivity index (χ0) is 11.5. The van der Waals surface area contributed by atoms with Gasteiger partial charge in [-0.2, -0.15) is 0 Å². The third-order valence-corrected chi connectivity index (χ3v) is 3.28. The highest BCUT2D eigenvalue weighted by molar-refractivity contribution is 7.99. The molecule has 0 aliphatic carbocycles. The Hall–Kier alpha value is -1.20. The Balaban J connectivity index is 2.23. The average molecular weight is 238 g/mol. The second kappa shape index (κ2) is 4.76. The van der Waals surface area contributed by atoms with Crippen LogP contribution in [-0.4, -0.2) is 21.9 Å². The minimum Gasteiger partial charge on any atom is -0.431 e. The van der Waals surface area contributed by atoms with Gasteiger partial charge in [0.15, 0.2) is 5.58 Å². The number of fused-ring (bicyclic) bond motifs is 1. The molecule has 2 rings (SSSR count). The van der Waals surface area contributed by atoms with Crippen LogP contribution in [0.15, 0.2) is 27.8 Å². The number of thioether (sulfide) groups is 1. The molecule has 5 heteroatoms. The minimum atomic E-state index is 0.177. The van der Waals surface area contributed by atoms with Gasteiger partial charge >= 0.3 is 0 Å². The smallest absolute Gasteiger partial charge is 0.257 e. The second-order valence-corrected chi connectivity index (χ2v) is 5.00. The summed E-state index contributed by atoms with van der Waals surface area (Å²) in [6.07, 6.45) is 0.721. The van der Waals surface area contributed by atoms with Crippen molar-refractivity contribution in [2.75, 3.05) is 12.3 Å². The molecule has 0 spiro atoms. The molecular weight excluding hydrogens is 224 g/mol. The highest BCUT2D eigenvalue weighted by atomic mass is 32.2. The first-order valence-corrected chi connectivity index (χ1v) is 6.01. The lowest BCUT2D eigenvalue weighted by Crippen LogP contribution is -1.98. The monoisotopic (exact) mass is 238 g/mol. The molecule has 1 atom stereocenters. The molecule has 0 amide bonds. The maximum Gasteiger partial charge on any atom is 0.257 e. The minimum absolute atomic E-state index is 0.177. The Morgan fingerprint density at radius 3 is 3.06 bits per heavy atom. The molecule has 16 heavy (non-hydrogen) atoms. The Morgan fingerprint density at radius 1 is 1.56 bits per heavy atom. The van der Waals surface area contributed by atoms with Crippen LogP contribution in [0.25, 0.3) is 11.1 Å². The van der Waals surface area contributed by atoms with Crippen LogP contribution in [0.4, 0.5) is 5.69 Å². The van der Waals surface area contributed by atoms with Crippen molar-refractivity contribution >= 4 is 28.5 Å². The van der Waals surface area contributed by atoms with Crippen molar-refractivity contribution in [3.05, 3.63) is 18.2 Å². The van der Waals surface area contributed by atoms with E-state index in [0.29, 0.717) is 22.0 Å². The van der Waals surface area contributed by atoms with Crippen LogP contribution in [0.1, 0.15) is 13.3 Å². The molecule has 1 aromatic carbocycles. The Kier molecular flexibility index (Phi) is 3.36. The zero-order valence-electron chi connectivity index (χ0n) is 9.01. The van der Waals surface area contributed by atoms with Gasteiger partial charge in [0.25, 0.3) is 5.22 Å². The largest absolute Gasteiger partial charge is 0.431 e. The Morgan fingerprint density at radius 2 is 2.38 bits per heavy atom. The van der Waals surface area contributed by atoms with Gasteiger partial charge in [-0.15, -0.1) is 0 Å². The van der Waals surface area contributed by atoms with E-state index in [1.165, 1.54) is 11.8 Å². The fourth-order valence-corrected chi connectivity index (χ4v) is 2.26. The normalized spacial score (nSPS) is 13.1. The second-order valence-electron chi connectivity index (χ2n) is 3.61. The van der Waals surface area contributed by atoms with Gasteiger partial charge < -0.3 is 15.3 Å². The molecule has 4 nitrogen and oxygen atoms in total. The fraction of sp³-hybridized carbons (Fsp3) is 0.364. The summed E-state index contributed by atoms with van der Waals surface area (Å²) in [7, 11) is 0. The summed E-state index contributed by atoms with van der Waals surface area (Å²) in [6, 6.07) is 5.49. The predicted octanol–water partition coefficient (Wildman–Crippen LogP) is 2.27. The summed E-state index contributed by atoms with van der Waals surface area (Å²) in [5.74, 6) is 0. The van der Waals surface area contributed by atoms with Crippen LogP contribution in [0.3, 0.4) is 0 Å². The summed E-state index contributed by atoms with van der Waals surface area (Å²) < 4.78 is 5.56. The molecule has 1 aromatic heterocycles. The van der Waals surface area contributed by atoms with Crippen molar-refractivity contribution in [3.63, 3.8) is 0 Å². The summed E-state index contributed by atoms with van der Waals surface area (Å²) >= 11 is 1.51. The first-order valence-electron chi connectivity index (χ1n) is 5.13. The van der Waals surface area contributed by atoms with Crippen molar-refractivity contribution in [2.45, 2.75) is 23.8 Å². The number of anilines is 1. The topological polar surface area (TPSA) is 72.3 Å². The number of rotatable bonds is 4. The number of para-hydroxylation sites is 1. The fourth-order valence-electron chi connectivity index (χ4n) is 1.41. The lowest BCUT2D eigenvalue weighted by molar-refractivity contribution is 0.288. The van der Waals surface area contributed by atoms with Crippen LogP contribution in [0, 0.1) is 0 Å². The summed E-state index contributed by atoms with van der Waals surface area (Å²) in [4.78, 5) is 4.32. The van der Waals surface area contributed by atoms with Crippen LogP contribution in [-0.2, 0) is 0 Å². The number of aliphatic hydroxyl groups is 1. The van der Waals surface area contributed by atoms with Gasteiger partial charge in [-0.05, 0) is 18.6 Å². The molecule has 2 aromatic rings. The van der Waals surface area contributed by atoms with Crippen molar-refractivity contribution in [3.8, 4) is 0 Å². The van der Waals surface area contributed by atoms with E-state index in [9.17, 15) is 0 Å². The highest BCUT2D eigenvalue weighted by Crippen LogP contribution is 2.29. The number of nitrogens with zero attached hydrogens (tertiary/aromatic N) is 1. The molecule has 1 heterocycles. The molecule has 0 saturated carbocycles. The van der Waals surface area contributed by atoms with E-state index in [1.807, 2.05) is 19.1 Å². The molecular formula is C11H14N2O2S. The molecule has 0 aliphatic rings. The number of hydrogen-bond acceptors (Lipinski definition) is 5. The van der Waals surface area contributed by atoms with Crippen molar-refractivity contribution in [2.24, 2.45) is 0 Å². The van der Waals surface area contributed by atoms with Crippen LogP contribution < -0.4 is 5.73 Å². The number of aliphatic hydroxyl groups excluding tert-OH is 1. The number of nitrogens with two attached hydrogens (primary N) is 1. The van der Waals surface area contributed by atoms with Gasteiger partial charge in [-0.1, -0.05) is 24.8 Å². The van der Waals surface area contributed by atoms with Gasteiger partial charge in [0.2, 0.25) is 0 Å². The molecule has 0 saturated heterocycles. The summed E-state index contributed by atoms with van der Waals surface area (Å²) in [5, 5.41) is 9.70. The SMILES string of the molecule is CC(CCO)Sc1nc2c(N)cccc2o1. The molecule has 3 N–H and O–H groups in total. The number of oxazole rings is 1. The Labute approximate surface area is 97.8 Å². The molecule has 0 aliphatic heterocycles. The first kappa shape index (κ1) is 11.3. The highest BCUT2D eigenvalue weighted by Gasteiger charge is 2.11. The van der Waals surface area contributed by atoms with E-state index in [4.69, 9.17) is 15.3 Å². The number of benzene rings is 1. The third kappa shape index (κ3) is 2.31. The van der Waals surface area contributed by atoms with E-state index < -0.39 is 0 Å². The van der Waals surface area contributed by atoms with Crippen LogP contribution in [0.5, 0.6) is 0 Å². The number of nitrogen functional groups attached to an aromatic ring is 1. The van der Waals surface area contributed by atoms with E-state index in [1.54, 1.807) is 6.07 Å². The summed E-state index contributed by atoms with van der Waals surface area (Å²) in [6.45, 7) is 2.20. The van der Waals surface area contributed by atoms with Crippen LogP contribution >= 0.6 is 11.8 Å². The van der Waals surface area contributed by atoms with Gasteiger partial charge in [0, 0.05) is 11.9 Å². The lowest BCUT2D eigenvalue weighted by atomic mass is 10.3. The average Bonchev–Trinajstić information content (AvgIpc) is 2.62. The maximum atomic E-state index is 8.81. The standard InChI is InChI=1S/C11H14N2O2S/c1-7(5-6-14)16-11-13-10-8(12)3-2-4-9(10)15-11/h2-4,7,14H,5-6,12H2,1H3. The predicted molar refractivity (Wildman–Crippen MR) is 65.4 cm³/mol. The quantitative estimate of drug-likeness (QED) is 0.631. The van der Waals surface area contributed by atoms with Gasteiger partial charge in [0.1, 0.15) is 5.52 Å². The van der Waals surface area contributed by atoms with Crippen molar-refractivity contribution in [1.82, 2.24) is 4.98 Å². The number of aromatic nitrogens is 1. The van der Waals surface area contributed by atoms with Gasteiger partial charge in [-0.25, -0.2) is 4.98 Å². The van der Waals surface area contributed by atoms with Crippen molar-refractivity contribution < 1.29 is 9.52 Å². The molecule has 0 bridgehead atoms. The van der Waals surface area contributed by atoms with Gasteiger partial charge in [0.05, 0.1) is 5.69 Å². The molecule has 0 radical (unpaired) electrons. The molecule has 86 valence electrons. The molecule has 1 unspecified atom stereocenters. The molecule has 0 fully saturated rings. The number of hydrogen-bond donors (Lipinski definition) is 2. The third-order valence-electron chi connectivity index (χ3n) is 2.27. The Bertz CT molecular complexity index is 484. The van der Waals surface area contributed by atoms with Gasteiger partial charge in [-0.3, -0.25) is 0 Å². The van der Waals surface area contributed by atoms with Crippen molar-refractivity contribution in [1.29, 1.82) is 0 Å². The zero-order valence-corrected chi connectivity index (χ0v) is 9.83. The van der Waals surface area contributed by atoms with E-state index in [2.05, 4.69) is 4.98 Å².